The van der Waals surface area contributed by atoms with Gasteiger partial charge in [0.2, 0.25) is 16.9 Å². The molecule has 10 heteroatoms. The van der Waals surface area contributed by atoms with E-state index in [1.165, 1.54) is 0 Å². The molecule has 134 valence electrons. The second kappa shape index (κ2) is 5.76. The van der Waals surface area contributed by atoms with Crippen molar-refractivity contribution in [3.63, 3.8) is 0 Å². The third kappa shape index (κ3) is 2.70. The highest BCUT2D eigenvalue weighted by molar-refractivity contribution is 5.88. The maximum absolute atomic E-state index is 13.4. The van der Waals surface area contributed by atoms with Gasteiger partial charge in [-0.3, -0.25) is 14.9 Å². The first-order chi connectivity index (χ1) is 12.1. The molecule has 0 atom stereocenters. The Morgan fingerprint density at radius 1 is 1.04 bits per heavy atom. The van der Waals surface area contributed by atoms with Crippen LogP contribution in [0.25, 0.3) is 22.1 Å². The summed E-state index contributed by atoms with van der Waals surface area (Å²) in [5.74, 6) is -3.44. The van der Waals surface area contributed by atoms with Crippen LogP contribution in [0.15, 0.2) is 45.6 Å². The van der Waals surface area contributed by atoms with Gasteiger partial charge in [-0.1, -0.05) is 0 Å². The van der Waals surface area contributed by atoms with Crippen molar-refractivity contribution in [2.24, 2.45) is 0 Å². The number of benzene rings is 2. The largest absolute Gasteiger partial charge is 0.504 e. The number of alkyl halides is 3. The molecular weight excluding hydrogens is 359 g/mol. The van der Waals surface area contributed by atoms with Crippen molar-refractivity contribution < 1.29 is 32.7 Å². The van der Waals surface area contributed by atoms with Crippen LogP contribution in [0.5, 0.6) is 11.5 Å². The minimum absolute atomic E-state index is 0.244. The maximum atomic E-state index is 13.4. The summed E-state index contributed by atoms with van der Waals surface area (Å²) < 4.78 is 44.9. The molecule has 3 aromatic rings. The van der Waals surface area contributed by atoms with Crippen LogP contribution in [-0.4, -0.2) is 15.1 Å². The molecule has 0 spiro atoms. The molecule has 0 amide bonds. The Kier molecular flexibility index (Phi) is 3.82. The fourth-order valence-corrected chi connectivity index (χ4v) is 2.45. The zero-order valence-electron chi connectivity index (χ0n) is 12.6. The van der Waals surface area contributed by atoms with E-state index in [0.717, 1.165) is 36.4 Å². The SMILES string of the molecule is O=c1c(-c2ccc([N+](=O)[O-])cc2)c(C(F)(F)F)oc2c(O)c(O)ccc12. The minimum Gasteiger partial charge on any atom is -0.504 e. The monoisotopic (exact) mass is 367 g/mol. The summed E-state index contributed by atoms with van der Waals surface area (Å²) in [7, 11) is 0. The van der Waals surface area contributed by atoms with Gasteiger partial charge in [0.05, 0.1) is 15.9 Å². The molecule has 0 aliphatic rings. The fourth-order valence-electron chi connectivity index (χ4n) is 2.45. The van der Waals surface area contributed by atoms with Gasteiger partial charge in [-0.15, -0.1) is 0 Å². The molecule has 2 N–H and O–H groups in total. The molecule has 7 nitrogen and oxygen atoms in total. The normalized spacial score (nSPS) is 11.7. The highest BCUT2D eigenvalue weighted by Gasteiger charge is 2.40. The standard InChI is InChI=1S/C16H8F3NO6/c17-16(18,19)15-11(7-1-3-8(4-2-7)20(24)25)12(22)9-5-6-10(21)13(23)14(9)26-15/h1-6,21,23H. The molecule has 0 bridgehead atoms. The van der Waals surface area contributed by atoms with Gasteiger partial charge >= 0.3 is 6.18 Å². The number of phenols is 2. The summed E-state index contributed by atoms with van der Waals surface area (Å²) in [6, 6.07) is 5.82. The Morgan fingerprint density at radius 2 is 1.65 bits per heavy atom. The quantitative estimate of drug-likeness (QED) is 0.405. The lowest BCUT2D eigenvalue weighted by Gasteiger charge is -2.13. The second-order valence-corrected chi connectivity index (χ2v) is 5.25. The van der Waals surface area contributed by atoms with Crippen LogP contribution < -0.4 is 5.43 Å². The topological polar surface area (TPSA) is 114 Å². The first kappa shape index (κ1) is 17.3. The molecule has 0 aliphatic heterocycles. The van der Waals surface area contributed by atoms with Crippen LogP contribution in [0.2, 0.25) is 0 Å². The highest BCUT2D eigenvalue weighted by atomic mass is 19.4. The molecule has 1 aromatic heterocycles. The molecule has 0 unspecified atom stereocenters. The highest BCUT2D eigenvalue weighted by Crippen LogP contribution is 2.41. The molecule has 3 rings (SSSR count). The minimum atomic E-state index is -5.09. The molecule has 0 aliphatic carbocycles. The number of non-ortho nitro benzene ring substituents is 1. The van der Waals surface area contributed by atoms with Gasteiger partial charge in [0.1, 0.15) is 0 Å². The third-order valence-electron chi connectivity index (χ3n) is 3.64. The van der Waals surface area contributed by atoms with E-state index in [2.05, 4.69) is 0 Å². The number of hydrogen-bond donors (Lipinski definition) is 2. The summed E-state index contributed by atoms with van der Waals surface area (Å²) in [5, 5.41) is 29.4. The van der Waals surface area contributed by atoms with Gasteiger partial charge < -0.3 is 14.6 Å². The van der Waals surface area contributed by atoms with E-state index < -0.39 is 44.9 Å². The van der Waals surface area contributed by atoms with E-state index in [9.17, 15) is 38.3 Å². The molecule has 0 fully saturated rings. The molecule has 0 saturated heterocycles. The van der Waals surface area contributed by atoms with Crippen LogP contribution >= 0.6 is 0 Å². The van der Waals surface area contributed by atoms with E-state index in [1.54, 1.807) is 0 Å². The molecule has 26 heavy (non-hydrogen) atoms. The number of rotatable bonds is 2. The maximum Gasteiger partial charge on any atom is 0.450 e. The smallest absolute Gasteiger partial charge is 0.450 e. The van der Waals surface area contributed by atoms with Crippen molar-refractivity contribution in [2.45, 2.75) is 6.18 Å². The van der Waals surface area contributed by atoms with Gasteiger partial charge in [0, 0.05) is 12.1 Å². The average Bonchev–Trinajstić information content (AvgIpc) is 2.57. The number of nitrogens with zero attached hydrogens (tertiary/aromatic N) is 1. The number of nitro benzene ring substituents is 1. The Balaban J connectivity index is 2.40. The number of phenolic OH excluding ortho intramolecular Hbond substituents is 2. The molecule has 1 heterocycles. The van der Waals surface area contributed by atoms with E-state index in [0.29, 0.717) is 0 Å². The van der Waals surface area contributed by atoms with Gasteiger partial charge in [-0.2, -0.15) is 13.2 Å². The summed E-state index contributed by atoms with van der Waals surface area (Å²) in [6.45, 7) is 0. The Bertz CT molecular complexity index is 1090. The first-order valence-corrected chi connectivity index (χ1v) is 6.95. The van der Waals surface area contributed by atoms with Crippen molar-refractivity contribution in [1.82, 2.24) is 0 Å². The van der Waals surface area contributed by atoms with Gasteiger partial charge in [-0.25, -0.2) is 0 Å². The lowest BCUT2D eigenvalue weighted by Crippen LogP contribution is -2.16. The van der Waals surface area contributed by atoms with Crippen molar-refractivity contribution in [2.75, 3.05) is 0 Å². The Morgan fingerprint density at radius 3 is 2.19 bits per heavy atom. The van der Waals surface area contributed by atoms with Gasteiger partial charge in [0.25, 0.3) is 5.69 Å². The summed E-state index contributed by atoms with van der Waals surface area (Å²) in [5.41, 5.74) is -3.39. The van der Waals surface area contributed by atoms with Crippen molar-refractivity contribution in [3.05, 3.63) is 62.5 Å². The number of halogens is 3. The molecule has 2 aromatic carbocycles. The van der Waals surface area contributed by atoms with Crippen LogP contribution in [0.1, 0.15) is 5.76 Å². The predicted octanol–water partition coefficient (Wildman–Crippen LogP) is 3.80. The van der Waals surface area contributed by atoms with Crippen LogP contribution in [0, 0.1) is 10.1 Å². The lowest BCUT2D eigenvalue weighted by molar-refractivity contribution is -0.384. The third-order valence-corrected chi connectivity index (χ3v) is 3.64. The number of nitro groups is 1. The number of aromatic hydroxyl groups is 2. The average molecular weight is 367 g/mol. The van der Waals surface area contributed by atoms with Crippen molar-refractivity contribution >= 4 is 16.7 Å². The second-order valence-electron chi connectivity index (χ2n) is 5.25. The first-order valence-electron chi connectivity index (χ1n) is 6.95. The predicted molar refractivity (Wildman–Crippen MR) is 82.9 cm³/mol. The summed E-state index contributed by atoms with van der Waals surface area (Å²) in [4.78, 5) is 22.5. The Hall–Kier alpha value is -3.56. The van der Waals surface area contributed by atoms with E-state index in [-0.39, 0.29) is 16.6 Å². The van der Waals surface area contributed by atoms with E-state index >= 15 is 0 Å². The van der Waals surface area contributed by atoms with Crippen LogP contribution in [-0.2, 0) is 6.18 Å². The summed E-state index contributed by atoms with van der Waals surface area (Å²) >= 11 is 0. The molecule has 0 saturated carbocycles. The van der Waals surface area contributed by atoms with E-state index in [4.69, 9.17) is 4.42 Å². The lowest BCUT2D eigenvalue weighted by atomic mass is 10.0. The fraction of sp³-hybridized carbons (Fsp3) is 0.0625. The van der Waals surface area contributed by atoms with Crippen molar-refractivity contribution in [3.8, 4) is 22.6 Å². The zero-order valence-corrected chi connectivity index (χ0v) is 12.6. The van der Waals surface area contributed by atoms with E-state index in [1.807, 2.05) is 0 Å². The molecule has 0 radical (unpaired) electrons. The Labute approximate surface area is 141 Å². The summed E-state index contributed by atoms with van der Waals surface area (Å²) in [6.07, 6.45) is -5.09. The number of hydrogen-bond acceptors (Lipinski definition) is 6. The van der Waals surface area contributed by atoms with Crippen LogP contribution in [0.4, 0.5) is 18.9 Å². The number of fused-ring (bicyclic) bond motifs is 1. The van der Waals surface area contributed by atoms with Gasteiger partial charge in [0.15, 0.2) is 11.3 Å². The zero-order chi connectivity index (χ0) is 19.2. The van der Waals surface area contributed by atoms with Gasteiger partial charge in [-0.05, 0) is 29.8 Å². The van der Waals surface area contributed by atoms with Crippen LogP contribution in [0.3, 0.4) is 0 Å². The molecular formula is C16H8F3NO6. The van der Waals surface area contributed by atoms with Crippen molar-refractivity contribution in [1.29, 1.82) is 0 Å².